The average molecular weight is 388 g/mol. The van der Waals surface area contributed by atoms with Gasteiger partial charge in [0.15, 0.2) is 0 Å². The summed E-state index contributed by atoms with van der Waals surface area (Å²) in [6.07, 6.45) is -0.204. The van der Waals surface area contributed by atoms with Crippen molar-refractivity contribution in [3.05, 3.63) is 24.3 Å². The number of anilines is 1. The first-order chi connectivity index (χ1) is 13.1. The Kier molecular flexibility index (Phi) is 5.96. The van der Waals surface area contributed by atoms with Crippen molar-refractivity contribution in [2.24, 2.45) is 5.92 Å². The monoisotopic (exact) mass is 388 g/mol. The number of hydrogen-bond acceptors (Lipinski definition) is 5. The highest BCUT2D eigenvalue weighted by atomic mass is 16.7. The molecule has 28 heavy (non-hydrogen) atoms. The first-order valence-electron chi connectivity index (χ1n) is 10.2. The highest BCUT2D eigenvalue weighted by Gasteiger charge is 2.51. The van der Waals surface area contributed by atoms with Gasteiger partial charge in [-0.2, -0.15) is 0 Å². The molecule has 0 radical (unpaired) electrons. The highest BCUT2D eigenvalue weighted by Crippen LogP contribution is 2.36. The highest BCUT2D eigenvalue weighted by molar-refractivity contribution is 6.62. The smallest absolute Gasteiger partial charge is 0.449 e. The van der Waals surface area contributed by atoms with Gasteiger partial charge in [-0.05, 0) is 51.2 Å². The van der Waals surface area contributed by atoms with Crippen LogP contribution in [0.1, 0.15) is 41.5 Å². The zero-order valence-corrected chi connectivity index (χ0v) is 18.0. The largest absolute Gasteiger partial charge is 0.494 e. The second-order valence-corrected chi connectivity index (χ2v) is 9.12. The van der Waals surface area contributed by atoms with Crippen molar-refractivity contribution in [1.82, 2.24) is 4.90 Å². The molecule has 2 fully saturated rings. The van der Waals surface area contributed by atoms with Gasteiger partial charge in [0.25, 0.3) is 0 Å². The number of hydrogen-bond donors (Lipinski definition) is 0. The van der Waals surface area contributed by atoms with Crippen molar-refractivity contribution in [3.8, 4) is 0 Å². The summed E-state index contributed by atoms with van der Waals surface area (Å²) in [4.78, 5) is 16.2. The van der Waals surface area contributed by atoms with Crippen molar-refractivity contribution in [2.75, 3.05) is 37.7 Å². The van der Waals surface area contributed by atoms with E-state index in [1.165, 1.54) is 0 Å². The molecule has 1 aromatic rings. The Morgan fingerprint density at radius 2 is 1.57 bits per heavy atom. The van der Waals surface area contributed by atoms with Gasteiger partial charge in [0.05, 0.1) is 17.8 Å². The van der Waals surface area contributed by atoms with E-state index in [0.717, 1.165) is 24.2 Å². The molecule has 154 valence electrons. The van der Waals surface area contributed by atoms with E-state index >= 15 is 0 Å². The fourth-order valence-corrected chi connectivity index (χ4v) is 3.30. The van der Waals surface area contributed by atoms with Crippen LogP contribution in [0.25, 0.3) is 0 Å². The Morgan fingerprint density at radius 3 is 2.07 bits per heavy atom. The minimum Gasteiger partial charge on any atom is -0.449 e. The lowest BCUT2D eigenvalue weighted by atomic mass is 9.79. The summed E-state index contributed by atoms with van der Waals surface area (Å²) in [6, 6.07) is 8.35. The molecule has 2 aliphatic heterocycles. The molecule has 0 aliphatic carbocycles. The quantitative estimate of drug-likeness (QED) is 0.743. The van der Waals surface area contributed by atoms with E-state index in [4.69, 9.17) is 14.0 Å². The van der Waals surface area contributed by atoms with Crippen LogP contribution in [0.3, 0.4) is 0 Å². The van der Waals surface area contributed by atoms with Crippen LogP contribution in [-0.2, 0) is 14.0 Å². The number of amides is 1. The van der Waals surface area contributed by atoms with Crippen molar-refractivity contribution < 1.29 is 18.8 Å². The number of piperazine rings is 1. The molecule has 0 spiro atoms. The van der Waals surface area contributed by atoms with Crippen LogP contribution < -0.4 is 10.4 Å². The fraction of sp³-hybridized carbons (Fsp3) is 0.667. The standard InChI is InChI=1S/C21H33BN2O4/c1-16(2)15-26-19(25)24-13-11-23(12-14-24)18-9-7-17(8-10-18)22-27-20(3,4)21(5,6)28-22/h7-10,16H,11-15H2,1-6H3. The van der Waals surface area contributed by atoms with Crippen LogP contribution in [-0.4, -0.2) is 62.1 Å². The predicted octanol–water partition coefficient (Wildman–Crippen LogP) is 2.90. The molecule has 7 heteroatoms. The molecule has 0 aromatic heterocycles. The average Bonchev–Trinajstić information content (AvgIpc) is 2.87. The van der Waals surface area contributed by atoms with Gasteiger partial charge in [0.2, 0.25) is 0 Å². The van der Waals surface area contributed by atoms with Crippen LogP contribution in [0, 0.1) is 5.92 Å². The SMILES string of the molecule is CC(C)COC(=O)N1CCN(c2ccc(B3OC(C)(C)C(C)(C)O3)cc2)CC1. The van der Waals surface area contributed by atoms with Gasteiger partial charge in [-0.15, -0.1) is 0 Å². The summed E-state index contributed by atoms with van der Waals surface area (Å²) in [7, 11) is -0.341. The van der Waals surface area contributed by atoms with Gasteiger partial charge in [-0.3, -0.25) is 0 Å². The van der Waals surface area contributed by atoms with E-state index in [9.17, 15) is 4.79 Å². The molecule has 2 aliphatic rings. The van der Waals surface area contributed by atoms with E-state index in [0.29, 0.717) is 25.6 Å². The maximum absolute atomic E-state index is 12.1. The van der Waals surface area contributed by atoms with Crippen molar-refractivity contribution in [3.63, 3.8) is 0 Å². The normalized spacial score (nSPS) is 21.3. The summed E-state index contributed by atoms with van der Waals surface area (Å²) in [5.74, 6) is 0.354. The van der Waals surface area contributed by atoms with Gasteiger partial charge in [0.1, 0.15) is 0 Å². The predicted molar refractivity (Wildman–Crippen MR) is 112 cm³/mol. The number of carbonyl (C=O) groups is 1. The third-order valence-corrected chi connectivity index (χ3v) is 5.86. The Bertz CT molecular complexity index is 666. The van der Waals surface area contributed by atoms with Crippen molar-refractivity contribution >= 4 is 24.4 Å². The molecule has 0 saturated carbocycles. The molecule has 1 aromatic carbocycles. The number of rotatable bonds is 4. The van der Waals surface area contributed by atoms with E-state index in [1.54, 1.807) is 4.90 Å². The summed E-state index contributed by atoms with van der Waals surface area (Å²) < 4.78 is 17.6. The second-order valence-electron chi connectivity index (χ2n) is 9.12. The zero-order chi connectivity index (χ0) is 20.5. The lowest BCUT2D eigenvalue weighted by Gasteiger charge is -2.35. The number of nitrogens with zero attached hydrogens (tertiary/aromatic N) is 2. The maximum atomic E-state index is 12.1. The van der Waals surface area contributed by atoms with E-state index in [1.807, 2.05) is 13.8 Å². The molecule has 0 unspecified atom stereocenters. The minimum absolute atomic E-state index is 0.204. The van der Waals surface area contributed by atoms with Crippen molar-refractivity contribution in [2.45, 2.75) is 52.7 Å². The Labute approximate surface area is 169 Å². The Morgan fingerprint density at radius 1 is 1.04 bits per heavy atom. The lowest BCUT2D eigenvalue weighted by Crippen LogP contribution is -2.49. The van der Waals surface area contributed by atoms with Crippen molar-refractivity contribution in [1.29, 1.82) is 0 Å². The fourth-order valence-electron chi connectivity index (χ4n) is 3.30. The molecule has 1 amide bonds. The third kappa shape index (κ3) is 4.46. The van der Waals surface area contributed by atoms with Crippen LogP contribution in [0.15, 0.2) is 24.3 Å². The number of carbonyl (C=O) groups excluding carboxylic acids is 1. The molecule has 2 heterocycles. The van der Waals surface area contributed by atoms with E-state index in [2.05, 4.69) is 56.9 Å². The second kappa shape index (κ2) is 7.95. The minimum atomic E-state index is -0.341. The third-order valence-electron chi connectivity index (χ3n) is 5.86. The number of benzene rings is 1. The maximum Gasteiger partial charge on any atom is 0.494 e. The lowest BCUT2D eigenvalue weighted by molar-refractivity contribution is 0.00578. The van der Waals surface area contributed by atoms with Crippen LogP contribution in [0.2, 0.25) is 0 Å². The van der Waals surface area contributed by atoms with Crippen LogP contribution in [0.4, 0.5) is 10.5 Å². The molecule has 0 atom stereocenters. The van der Waals surface area contributed by atoms with Crippen LogP contribution >= 0.6 is 0 Å². The summed E-state index contributed by atoms with van der Waals surface area (Å²) in [5.41, 5.74) is 1.50. The molecule has 6 nitrogen and oxygen atoms in total. The molecule has 2 saturated heterocycles. The van der Waals surface area contributed by atoms with Gasteiger partial charge >= 0.3 is 13.2 Å². The summed E-state index contributed by atoms with van der Waals surface area (Å²) in [6.45, 7) is 15.8. The van der Waals surface area contributed by atoms with Gasteiger partial charge < -0.3 is 23.8 Å². The first-order valence-corrected chi connectivity index (χ1v) is 10.2. The summed E-state index contributed by atoms with van der Waals surface area (Å²) in [5, 5.41) is 0. The zero-order valence-electron chi connectivity index (χ0n) is 18.0. The summed E-state index contributed by atoms with van der Waals surface area (Å²) >= 11 is 0. The molecule has 0 bridgehead atoms. The van der Waals surface area contributed by atoms with Crippen LogP contribution in [0.5, 0.6) is 0 Å². The first kappa shape index (κ1) is 21.0. The molecule has 3 rings (SSSR count). The topological polar surface area (TPSA) is 51.2 Å². The van der Waals surface area contributed by atoms with E-state index < -0.39 is 0 Å². The Balaban J connectivity index is 1.55. The Hall–Kier alpha value is -1.73. The molecular formula is C21H33BN2O4. The van der Waals surface area contributed by atoms with Gasteiger partial charge in [-0.25, -0.2) is 4.79 Å². The molecule has 0 N–H and O–H groups in total. The van der Waals surface area contributed by atoms with Gasteiger partial charge in [-0.1, -0.05) is 26.0 Å². The number of ether oxygens (including phenoxy) is 1. The van der Waals surface area contributed by atoms with Gasteiger partial charge in [0, 0.05) is 31.9 Å². The van der Waals surface area contributed by atoms with E-state index in [-0.39, 0.29) is 24.4 Å². The molecular weight excluding hydrogens is 355 g/mol.